The number of carbonyl (C=O) groups is 1. The van der Waals surface area contributed by atoms with Crippen molar-refractivity contribution in [2.75, 3.05) is 11.9 Å². The van der Waals surface area contributed by atoms with E-state index in [0.717, 1.165) is 23.3 Å². The maximum atomic E-state index is 11.8. The van der Waals surface area contributed by atoms with Gasteiger partial charge in [-0.1, -0.05) is 22.9 Å². The van der Waals surface area contributed by atoms with Gasteiger partial charge in [0.2, 0.25) is 0 Å². The van der Waals surface area contributed by atoms with Gasteiger partial charge < -0.3 is 4.74 Å². The van der Waals surface area contributed by atoms with E-state index in [-0.39, 0.29) is 5.78 Å². The van der Waals surface area contributed by atoms with E-state index in [1.165, 1.54) is 0 Å². The van der Waals surface area contributed by atoms with E-state index in [0.29, 0.717) is 18.4 Å². The Morgan fingerprint density at radius 3 is 2.62 bits per heavy atom. The van der Waals surface area contributed by atoms with Crippen LogP contribution in [0.15, 0.2) is 18.2 Å². The van der Waals surface area contributed by atoms with Crippen LogP contribution in [-0.2, 0) is 6.42 Å². The largest absolute Gasteiger partial charge is 0.494 e. The van der Waals surface area contributed by atoms with Crippen molar-refractivity contribution in [1.29, 1.82) is 0 Å². The molecule has 88 valence electrons. The fourth-order valence-corrected chi connectivity index (χ4v) is 1.87. The first kappa shape index (κ1) is 13.2. The van der Waals surface area contributed by atoms with Crippen LogP contribution in [0.3, 0.4) is 0 Å². The number of Topliss-reactive ketones (excluding diaryl/α,β-unsaturated/α-hetero) is 1. The second-order valence-electron chi connectivity index (χ2n) is 3.51. The standard InChI is InChI=1S/C13H17BrO2/c1-3-10-7-11(13(15)5-6-14)9-12(8-10)16-4-2/h7-9H,3-6H2,1-2H3. The maximum absolute atomic E-state index is 11.8. The Hall–Kier alpha value is -0.830. The molecule has 0 atom stereocenters. The minimum atomic E-state index is 0.160. The number of hydrogen-bond donors (Lipinski definition) is 0. The second-order valence-corrected chi connectivity index (χ2v) is 4.31. The highest BCUT2D eigenvalue weighted by Crippen LogP contribution is 2.19. The Bertz CT molecular complexity index is 361. The Kier molecular flexibility index (Phi) is 5.53. The van der Waals surface area contributed by atoms with Crippen LogP contribution in [-0.4, -0.2) is 17.7 Å². The van der Waals surface area contributed by atoms with E-state index in [1.54, 1.807) is 0 Å². The molecule has 1 rings (SSSR count). The van der Waals surface area contributed by atoms with Crippen LogP contribution in [0.1, 0.15) is 36.2 Å². The van der Waals surface area contributed by atoms with E-state index in [9.17, 15) is 4.79 Å². The molecular formula is C13H17BrO2. The van der Waals surface area contributed by atoms with Crippen LogP contribution in [0.2, 0.25) is 0 Å². The molecule has 3 heteroatoms. The highest BCUT2D eigenvalue weighted by atomic mass is 79.9. The van der Waals surface area contributed by atoms with Crippen LogP contribution in [0, 0.1) is 0 Å². The summed E-state index contributed by atoms with van der Waals surface area (Å²) in [5.74, 6) is 0.952. The van der Waals surface area contributed by atoms with Crippen molar-refractivity contribution in [2.45, 2.75) is 26.7 Å². The average molecular weight is 285 g/mol. The first-order valence-electron chi connectivity index (χ1n) is 5.57. The quantitative estimate of drug-likeness (QED) is 0.589. The summed E-state index contributed by atoms with van der Waals surface area (Å²) in [6, 6.07) is 5.77. The molecule has 0 bridgehead atoms. The van der Waals surface area contributed by atoms with Crippen molar-refractivity contribution in [3.63, 3.8) is 0 Å². The predicted octanol–water partition coefficient (Wildman–Crippen LogP) is 3.62. The van der Waals surface area contributed by atoms with Crippen molar-refractivity contribution in [3.05, 3.63) is 29.3 Å². The SMILES string of the molecule is CCOc1cc(CC)cc(C(=O)CCBr)c1. The highest BCUT2D eigenvalue weighted by Gasteiger charge is 2.08. The van der Waals surface area contributed by atoms with Crippen LogP contribution < -0.4 is 4.74 Å². The molecule has 0 aromatic heterocycles. The number of aryl methyl sites for hydroxylation is 1. The van der Waals surface area contributed by atoms with Gasteiger partial charge in [-0.05, 0) is 37.1 Å². The summed E-state index contributed by atoms with van der Waals surface area (Å²) in [7, 11) is 0. The zero-order valence-corrected chi connectivity index (χ0v) is 11.3. The number of benzene rings is 1. The average Bonchev–Trinajstić information content (AvgIpc) is 2.29. The van der Waals surface area contributed by atoms with Gasteiger partial charge in [0.05, 0.1) is 6.61 Å². The van der Waals surface area contributed by atoms with E-state index < -0.39 is 0 Å². The van der Waals surface area contributed by atoms with Crippen molar-refractivity contribution in [2.24, 2.45) is 0 Å². The van der Waals surface area contributed by atoms with Gasteiger partial charge in [-0.2, -0.15) is 0 Å². The number of ketones is 1. The lowest BCUT2D eigenvalue weighted by atomic mass is 10.0. The van der Waals surface area contributed by atoms with E-state index in [4.69, 9.17) is 4.74 Å². The highest BCUT2D eigenvalue weighted by molar-refractivity contribution is 9.09. The van der Waals surface area contributed by atoms with Gasteiger partial charge in [0.25, 0.3) is 0 Å². The number of alkyl halides is 1. The molecule has 0 amide bonds. The number of ether oxygens (including phenoxy) is 1. The summed E-state index contributed by atoms with van der Waals surface area (Å²) in [5, 5.41) is 0.701. The maximum Gasteiger partial charge on any atom is 0.163 e. The number of rotatable bonds is 6. The topological polar surface area (TPSA) is 26.3 Å². The summed E-state index contributed by atoms with van der Waals surface area (Å²) in [6.07, 6.45) is 1.44. The monoisotopic (exact) mass is 284 g/mol. The lowest BCUT2D eigenvalue weighted by Crippen LogP contribution is -2.02. The number of carbonyl (C=O) groups excluding carboxylic acids is 1. The molecule has 0 saturated carbocycles. The lowest BCUT2D eigenvalue weighted by molar-refractivity contribution is 0.0989. The zero-order valence-electron chi connectivity index (χ0n) is 9.75. The summed E-state index contributed by atoms with van der Waals surface area (Å²) in [4.78, 5) is 11.8. The van der Waals surface area contributed by atoms with E-state index >= 15 is 0 Å². The molecule has 0 heterocycles. The first-order valence-corrected chi connectivity index (χ1v) is 6.69. The Morgan fingerprint density at radius 1 is 1.31 bits per heavy atom. The van der Waals surface area contributed by atoms with Gasteiger partial charge in [-0.15, -0.1) is 0 Å². The Balaban J connectivity index is 2.98. The number of halogens is 1. The molecule has 0 radical (unpaired) electrons. The van der Waals surface area contributed by atoms with Crippen LogP contribution in [0.25, 0.3) is 0 Å². The van der Waals surface area contributed by atoms with Gasteiger partial charge in [0.1, 0.15) is 5.75 Å². The van der Waals surface area contributed by atoms with Gasteiger partial charge in [0, 0.05) is 17.3 Å². The molecule has 0 unspecified atom stereocenters. The molecule has 0 fully saturated rings. The molecule has 0 aliphatic carbocycles. The van der Waals surface area contributed by atoms with Crippen molar-refractivity contribution in [3.8, 4) is 5.75 Å². The Labute approximate surface area is 105 Å². The Morgan fingerprint density at radius 2 is 2.06 bits per heavy atom. The minimum absolute atomic E-state index is 0.160. The normalized spacial score (nSPS) is 10.2. The molecule has 0 N–H and O–H groups in total. The van der Waals surface area contributed by atoms with Crippen LogP contribution in [0.5, 0.6) is 5.75 Å². The van der Waals surface area contributed by atoms with Crippen LogP contribution in [0.4, 0.5) is 0 Å². The number of hydrogen-bond acceptors (Lipinski definition) is 2. The molecular weight excluding hydrogens is 268 g/mol. The van der Waals surface area contributed by atoms with Crippen molar-refractivity contribution < 1.29 is 9.53 Å². The fourth-order valence-electron chi connectivity index (χ4n) is 1.51. The third-order valence-electron chi connectivity index (χ3n) is 2.33. The molecule has 16 heavy (non-hydrogen) atoms. The van der Waals surface area contributed by atoms with Crippen molar-refractivity contribution in [1.82, 2.24) is 0 Å². The van der Waals surface area contributed by atoms with Gasteiger partial charge >= 0.3 is 0 Å². The summed E-state index contributed by atoms with van der Waals surface area (Å²) >= 11 is 3.28. The molecule has 2 nitrogen and oxygen atoms in total. The van der Waals surface area contributed by atoms with Crippen LogP contribution >= 0.6 is 15.9 Å². The first-order chi connectivity index (χ1) is 7.71. The van der Waals surface area contributed by atoms with Gasteiger partial charge in [0.15, 0.2) is 5.78 Å². The molecule has 0 aliphatic rings. The van der Waals surface area contributed by atoms with Crippen molar-refractivity contribution >= 4 is 21.7 Å². The lowest BCUT2D eigenvalue weighted by Gasteiger charge is -2.08. The molecule has 1 aromatic rings. The molecule has 0 aliphatic heterocycles. The van der Waals surface area contributed by atoms with E-state index in [1.807, 2.05) is 25.1 Å². The smallest absolute Gasteiger partial charge is 0.163 e. The summed E-state index contributed by atoms with van der Waals surface area (Å²) in [6.45, 7) is 4.64. The fraction of sp³-hybridized carbons (Fsp3) is 0.462. The molecule has 0 saturated heterocycles. The molecule has 0 spiro atoms. The molecule has 1 aromatic carbocycles. The third-order valence-corrected chi connectivity index (χ3v) is 2.73. The van der Waals surface area contributed by atoms with Gasteiger partial charge in [-0.3, -0.25) is 4.79 Å². The third kappa shape index (κ3) is 3.63. The van der Waals surface area contributed by atoms with Gasteiger partial charge in [-0.25, -0.2) is 0 Å². The summed E-state index contributed by atoms with van der Waals surface area (Å²) in [5.41, 5.74) is 1.89. The second kappa shape index (κ2) is 6.69. The predicted molar refractivity (Wildman–Crippen MR) is 69.7 cm³/mol. The zero-order chi connectivity index (χ0) is 12.0. The minimum Gasteiger partial charge on any atom is -0.494 e. The van der Waals surface area contributed by atoms with E-state index in [2.05, 4.69) is 22.9 Å². The summed E-state index contributed by atoms with van der Waals surface area (Å²) < 4.78 is 5.45.